The second-order valence-electron chi connectivity index (χ2n) is 2.83. The van der Waals surface area contributed by atoms with Crippen molar-refractivity contribution in [2.75, 3.05) is 12.4 Å². The van der Waals surface area contributed by atoms with Gasteiger partial charge in [-0.25, -0.2) is 0 Å². The summed E-state index contributed by atoms with van der Waals surface area (Å²) < 4.78 is 0. The molecule has 13 heavy (non-hydrogen) atoms. The smallest absolute Gasteiger partial charge is 0.0639 e. The van der Waals surface area contributed by atoms with E-state index in [1.54, 1.807) is 11.8 Å². The van der Waals surface area contributed by atoms with Gasteiger partial charge in [-0.15, -0.1) is 11.8 Å². The van der Waals surface area contributed by atoms with E-state index in [1.165, 1.54) is 4.90 Å². The van der Waals surface area contributed by atoms with Gasteiger partial charge in [0.25, 0.3) is 0 Å². The number of hydrogen-bond acceptors (Lipinski definition) is 2. The third-order valence-corrected chi connectivity index (χ3v) is 2.61. The van der Waals surface area contributed by atoms with Crippen LogP contribution >= 0.6 is 11.8 Å². The molecule has 0 spiro atoms. The standard InChI is InChI=1S/C11H14OS/c1-10(9-12)7-8-13-11-5-3-2-4-6-11/h2-7,12H,8-9H2,1H3/b10-7-. The highest BCUT2D eigenvalue weighted by atomic mass is 32.2. The fourth-order valence-electron chi connectivity index (χ4n) is 0.861. The van der Waals surface area contributed by atoms with Gasteiger partial charge < -0.3 is 5.11 Å². The summed E-state index contributed by atoms with van der Waals surface area (Å²) in [5.74, 6) is 0.927. The highest BCUT2D eigenvalue weighted by Crippen LogP contribution is 2.17. The molecular weight excluding hydrogens is 180 g/mol. The molecule has 0 bridgehead atoms. The molecule has 0 aliphatic heterocycles. The first-order valence-corrected chi connectivity index (χ1v) is 5.26. The predicted octanol–water partition coefficient (Wildman–Crippen LogP) is 2.72. The van der Waals surface area contributed by atoms with Crippen molar-refractivity contribution in [3.05, 3.63) is 42.0 Å². The van der Waals surface area contributed by atoms with Crippen molar-refractivity contribution in [3.8, 4) is 0 Å². The Hall–Kier alpha value is -0.730. The van der Waals surface area contributed by atoms with Crippen LogP contribution in [0.2, 0.25) is 0 Å². The van der Waals surface area contributed by atoms with Crippen molar-refractivity contribution in [2.24, 2.45) is 0 Å². The van der Waals surface area contributed by atoms with Gasteiger partial charge in [-0.05, 0) is 19.1 Å². The molecule has 0 aromatic heterocycles. The van der Waals surface area contributed by atoms with Crippen LogP contribution in [0.1, 0.15) is 6.92 Å². The molecule has 0 heterocycles. The van der Waals surface area contributed by atoms with Crippen LogP contribution < -0.4 is 0 Å². The number of benzene rings is 1. The first-order chi connectivity index (χ1) is 6.33. The van der Waals surface area contributed by atoms with E-state index in [9.17, 15) is 0 Å². The number of hydrogen-bond donors (Lipinski definition) is 1. The molecule has 0 saturated heterocycles. The van der Waals surface area contributed by atoms with E-state index in [0.717, 1.165) is 11.3 Å². The predicted molar refractivity (Wildman–Crippen MR) is 58.0 cm³/mol. The van der Waals surface area contributed by atoms with Crippen LogP contribution in [0, 0.1) is 0 Å². The Labute approximate surface area is 83.5 Å². The Morgan fingerprint density at radius 2 is 2.08 bits per heavy atom. The van der Waals surface area contributed by atoms with Gasteiger partial charge in [0.05, 0.1) is 6.61 Å². The van der Waals surface area contributed by atoms with Gasteiger partial charge in [0.15, 0.2) is 0 Å². The minimum absolute atomic E-state index is 0.162. The molecule has 1 rings (SSSR count). The average molecular weight is 194 g/mol. The van der Waals surface area contributed by atoms with Crippen LogP contribution in [0.25, 0.3) is 0 Å². The van der Waals surface area contributed by atoms with E-state index >= 15 is 0 Å². The lowest BCUT2D eigenvalue weighted by molar-refractivity contribution is 0.331. The summed E-state index contributed by atoms with van der Waals surface area (Å²) in [5.41, 5.74) is 1.03. The van der Waals surface area contributed by atoms with Gasteiger partial charge in [-0.3, -0.25) is 0 Å². The summed E-state index contributed by atoms with van der Waals surface area (Å²) >= 11 is 1.78. The monoisotopic (exact) mass is 194 g/mol. The van der Waals surface area contributed by atoms with E-state index in [4.69, 9.17) is 5.11 Å². The molecule has 0 atom stereocenters. The van der Waals surface area contributed by atoms with Crippen LogP contribution in [0.15, 0.2) is 46.9 Å². The lowest BCUT2D eigenvalue weighted by Gasteiger charge is -1.97. The number of rotatable bonds is 4. The van der Waals surface area contributed by atoms with Crippen LogP contribution in [0.5, 0.6) is 0 Å². The van der Waals surface area contributed by atoms with Gasteiger partial charge in [0.1, 0.15) is 0 Å². The van der Waals surface area contributed by atoms with Crippen LogP contribution in [-0.2, 0) is 0 Å². The summed E-state index contributed by atoms with van der Waals surface area (Å²) in [6.45, 7) is 2.10. The van der Waals surface area contributed by atoms with Crippen molar-refractivity contribution < 1.29 is 5.11 Å². The molecule has 1 nitrogen and oxygen atoms in total. The number of aliphatic hydroxyl groups is 1. The zero-order valence-corrected chi connectivity index (χ0v) is 8.55. The molecular formula is C11H14OS. The summed E-state index contributed by atoms with van der Waals surface area (Å²) in [6, 6.07) is 10.3. The van der Waals surface area contributed by atoms with E-state index in [1.807, 2.05) is 25.1 Å². The molecule has 0 fully saturated rings. The van der Waals surface area contributed by atoms with Crippen LogP contribution in [-0.4, -0.2) is 17.5 Å². The first kappa shape index (κ1) is 10.4. The SMILES string of the molecule is C/C(=C/CSc1ccccc1)CO. The Kier molecular flexibility index (Phi) is 4.65. The molecule has 1 aromatic carbocycles. The summed E-state index contributed by atoms with van der Waals surface area (Å²) in [7, 11) is 0. The summed E-state index contributed by atoms with van der Waals surface area (Å²) in [5, 5.41) is 8.75. The van der Waals surface area contributed by atoms with E-state index in [0.29, 0.717) is 0 Å². The van der Waals surface area contributed by atoms with Crippen molar-refractivity contribution in [1.29, 1.82) is 0 Å². The summed E-state index contributed by atoms with van der Waals surface area (Å²) in [4.78, 5) is 1.27. The fourth-order valence-corrected chi connectivity index (χ4v) is 1.77. The van der Waals surface area contributed by atoms with E-state index < -0.39 is 0 Å². The first-order valence-electron chi connectivity index (χ1n) is 4.27. The fraction of sp³-hybridized carbons (Fsp3) is 0.273. The van der Waals surface area contributed by atoms with Crippen molar-refractivity contribution >= 4 is 11.8 Å². The maximum Gasteiger partial charge on any atom is 0.0639 e. The number of thioether (sulfide) groups is 1. The lowest BCUT2D eigenvalue weighted by Crippen LogP contribution is -1.84. The number of aliphatic hydroxyl groups excluding tert-OH is 1. The Bertz CT molecular complexity index is 267. The van der Waals surface area contributed by atoms with Crippen molar-refractivity contribution in [2.45, 2.75) is 11.8 Å². The third kappa shape index (κ3) is 4.15. The van der Waals surface area contributed by atoms with Crippen molar-refractivity contribution in [1.82, 2.24) is 0 Å². The molecule has 70 valence electrons. The second kappa shape index (κ2) is 5.84. The van der Waals surface area contributed by atoms with Gasteiger partial charge in [-0.2, -0.15) is 0 Å². The van der Waals surface area contributed by atoms with Gasteiger partial charge in [0, 0.05) is 10.6 Å². The Morgan fingerprint density at radius 1 is 1.38 bits per heavy atom. The van der Waals surface area contributed by atoms with Gasteiger partial charge in [-0.1, -0.05) is 29.8 Å². The largest absolute Gasteiger partial charge is 0.392 e. The second-order valence-corrected chi connectivity index (χ2v) is 3.93. The molecule has 0 aliphatic rings. The average Bonchev–Trinajstić information content (AvgIpc) is 2.19. The minimum atomic E-state index is 0.162. The van der Waals surface area contributed by atoms with Crippen molar-refractivity contribution in [3.63, 3.8) is 0 Å². The molecule has 1 N–H and O–H groups in total. The third-order valence-electron chi connectivity index (χ3n) is 1.67. The molecule has 0 amide bonds. The molecule has 0 aliphatic carbocycles. The maximum atomic E-state index is 8.75. The normalized spacial score (nSPS) is 11.7. The molecule has 2 heteroatoms. The molecule has 0 radical (unpaired) electrons. The van der Waals surface area contributed by atoms with Crippen LogP contribution in [0.4, 0.5) is 0 Å². The topological polar surface area (TPSA) is 20.2 Å². The zero-order chi connectivity index (χ0) is 9.52. The van der Waals surface area contributed by atoms with E-state index in [-0.39, 0.29) is 6.61 Å². The zero-order valence-electron chi connectivity index (χ0n) is 7.73. The van der Waals surface area contributed by atoms with Gasteiger partial charge in [0.2, 0.25) is 0 Å². The Balaban J connectivity index is 2.36. The quantitative estimate of drug-likeness (QED) is 0.587. The van der Waals surface area contributed by atoms with Crippen LogP contribution in [0.3, 0.4) is 0 Å². The highest BCUT2D eigenvalue weighted by molar-refractivity contribution is 7.99. The van der Waals surface area contributed by atoms with E-state index in [2.05, 4.69) is 18.2 Å². The summed E-state index contributed by atoms with van der Waals surface area (Å²) in [6.07, 6.45) is 2.05. The molecule has 0 unspecified atom stereocenters. The maximum absolute atomic E-state index is 8.75. The Morgan fingerprint density at radius 3 is 2.69 bits per heavy atom. The van der Waals surface area contributed by atoms with Gasteiger partial charge >= 0.3 is 0 Å². The minimum Gasteiger partial charge on any atom is -0.392 e. The molecule has 1 aromatic rings. The lowest BCUT2D eigenvalue weighted by atomic mass is 10.3. The highest BCUT2D eigenvalue weighted by Gasteiger charge is 1.90. The molecule has 0 saturated carbocycles.